The molecular formula is C13H16BrNO4. The van der Waals surface area contributed by atoms with E-state index in [9.17, 15) is 9.59 Å². The lowest BCUT2D eigenvalue weighted by atomic mass is 10.1. The summed E-state index contributed by atoms with van der Waals surface area (Å²) in [5.41, 5.74) is 0.792. The number of carboxylic acid groups (broad SMARTS) is 1. The number of methoxy groups -OCH3 is 1. The molecule has 1 rings (SSSR count). The van der Waals surface area contributed by atoms with Crippen LogP contribution in [0.1, 0.15) is 12.5 Å². The van der Waals surface area contributed by atoms with Crippen molar-refractivity contribution in [2.75, 3.05) is 13.7 Å². The Labute approximate surface area is 120 Å². The summed E-state index contributed by atoms with van der Waals surface area (Å²) in [5, 5.41) is 11.3. The summed E-state index contributed by atoms with van der Waals surface area (Å²) in [6.45, 7) is 1.67. The molecule has 104 valence electrons. The molecule has 0 aliphatic carbocycles. The number of benzene rings is 1. The fraction of sp³-hybridized carbons (Fsp3) is 0.385. The molecule has 0 fully saturated rings. The molecule has 0 heterocycles. The lowest BCUT2D eigenvalue weighted by Gasteiger charge is -2.10. The first-order valence-electron chi connectivity index (χ1n) is 5.76. The second kappa shape index (κ2) is 7.13. The number of ether oxygens (including phenoxy) is 1. The standard InChI is InChI=1S/C13H16BrNO4/c1-8(13(17)18)7-15-12(16)6-9-5-10(19-2)3-4-11(9)14/h3-5,8H,6-7H2,1-2H3,(H,15,16)(H,17,18). The predicted octanol–water partition coefficient (Wildman–Crippen LogP) is 1.84. The van der Waals surface area contributed by atoms with Crippen molar-refractivity contribution in [3.05, 3.63) is 28.2 Å². The second-order valence-electron chi connectivity index (χ2n) is 4.18. The van der Waals surface area contributed by atoms with Crippen molar-refractivity contribution in [1.82, 2.24) is 5.32 Å². The van der Waals surface area contributed by atoms with Gasteiger partial charge in [0.15, 0.2) is 0 Å². The Balaban J connectivity index is 2.59. The average Bonchev–Trinajstić information content (AvgIpc) is 2.38. The second-order valence-corrected chi connectivity index (χ2v) is 5.03. The van der Waals surface area contributed by atoms with E-state index in [1.807, 2.05) is 0 Å². The topological polar surface area (TPSA) is 75.6 Å². The van der Waals surface area contributed by atoms with E-state index in [0.717, 1.165) is 10.0 Å². The number of nitrogens with one attached hydrogen (secondary N) is 1. The maximum atomic E-state index is 11.7. The van der Waals surface area contributed by atoms with Gasteiger partial charge in [-0.05, 0) is 23.8 Å². The van der Waals surface area contributed by atoms with Gasteiger partial charge in [0.05, 0.1) is 19.4 Å². The molecule has 0 radical (unpaired) electrons. The monoisotopic (exact) mass is 329 g/mol. The van der Waals surface area contributed by atoms with E-state index in [0.29, 0.717) is 5.75 Å². The van der Waals surface area contributed by atoms with Crippen molar-refractivity contribution in [3.63, 3.8) is 0 Å². The van der Waals surface area contributed by atoms with Gasteiger partial charge < -0.3 is 15.2 Å². The molecule has 0 aromatic heterocycles. The van der Waals surface area contributed by atoms with Crippen LogP contribution in [0.2, 0.25) is 0 Å². The van der Waals surface area contributed by atoms with Gasteiger partial charge in [-0.15, -0.1) is 0 Å². The smallest absolute Gasteiger partial charge is 0.308 e. The van der Waals surface area contributed by atoms with Gasteiger partial charge in [-0.3, -0.25) is 9.59 Å². The fourth-order valence-electron chi connectivity index (χ4n) is 1.40. The van der Waals surface area contributed by atoms with Crippen LogP contribution >= 0.6 is 15.9 Å². The lowest BCUT2D eigenvalue weighted by molar-refractivity contribution is -0.141. The first kappa shape index (κ1) is 15.5. The van der Waals surface area contributed by atoms with Crippen molar-refractivity contribution in [3.8, 4) is 5.75 Å². The van der Waals surface area contributed by atoms with Crippen LogP contribution in [0.5, 0.6) is 5.75 Å². The molecule has 1 atom stereocenters. The third-order valence-electron chi connectivity index (χ3n) is 2.63. The summed E-state index contributed by atoms with van der Waals surface area (Å²) in [4.78, 5) is 22.4. The Morgan fingerprint density at radius 1 is 1.47 bits per heavy atom. The minimum Gasteiger partial charge on any atom is -0.497 e. The zero-order chi connectivity index (χ0) is 14.4. The summed E-state index contributed by atoms with van der Waals surface area (Å²) in [6, 6.07) is 5.36. The van der Waals surface area contributed by atoms with Crippen LogP contribution in [0.25, 0.3) is 0 Å². The Kier molecular flexibility index (Phi) is 5.82. The fourth-order valence-corrected chi connectivity index (χ4v) is 1.79. The highest BCUT2D eigenvalue weighted by Gasteiger charge is 2.13. The van der Waals surface area contributed by atoms with Crippen LogP contribution in [0.15, 0.2) is 22.7 Å². The summed E-state index contributed by atoms with van der Waals surface area (Å²) < 4.78 is 5.91. The Morgan fingerprint density at radius 2 is 2.16 bits per heavy atom. The number of aliphatic carboxylic acids is 1. The average molecular weight is 330 g/mol. The number of carbonyl (C=O) groups is 2. The first-order valence-corrected chi connectivity index (χ1v) is 6.55. The van der Waals surface area contributed by atoms with E-state index in [-0.39, 0.29) is 18.9 Å². The Hall–Kier alpha value is -1.56. The number of carbonyl (C=O) groups excluding carboxylic acids is 1. The summed E-state index contributed by atoms with van der Waals surface area (Å²) in [6.07, 6.45) is 0.171. The molecule has 0 spiro atoms. The summed E-state index contributed by atoms with van der Waals surface area (Å²) in [5.74, 6) is -1.08. The van der Waals surface area contributed by atoms with Crippen molar-refractivity contribution in [2.24, 2.45) is 5.92 Å². The highest BCUT2D eigenvalue weighted by molar-refractivity contribution is 9.10. The molecule has 1 aromatic rings. The van der Waals surface area contributed by atoms with Crippen LogP contribution in [0.4, 0.5) is 0 Å². The summed E-state index contributed by atoms with van der Waals surface area (Å²) in [7, 11) is 1.56. The van der Waals surface area contributed by atoms with E-state index in [4.69, 9.17) is 9.84 Å². The van der Waals surface area contributed by atoms with Gasteiger partial charge in [0.25, 0.3) is 0 Å². The number of amides is 1. The van der Waals surface area contributed by atoms with E-state index < -0.39 is 11.9 Å². The van der Waals surface area contributed by atoms with Crippen LogP contribution in [-0.2, 0) is 16.0 Å². The molecule has 6 heteroatoms. The normalized spacial score (nSPS) is 11.7. The van der Waals surface area contributed by atoms with E-state index in [1.165, 1.54) is 0 Å². The number of hydrogen-bond acceptors (Lipinski definition) is 3. The molecule has 19 heavy (non-hydrogen) atoms. The van der Waals surface area contributed by atoms with Crippen molar-refractivity contribution in [2.45, 2.75) is 13.3 Å². The van der Waals surface area contributed by atoms with Crippen molar-refractivity contribution < 1.29 is 19.4 Å². The minimum absolute atomic E-state index is 0.121. The van der Waals surface area contributed by atoms with Crippen LogP contribution in [-0.4, -0.2) is 30.6 Å². The highest BCUT2D eigenvalue weighted by Crippen LogP contribution is 2.22. The molecule has 0 aliphatic rings. The molecule has 1 aromatic carbocycles. The Morgan fingerprint density at radius 3 is 2.74 bits per heavy atom. The Bertz CT molecular complexity index is 476. The van der Waals surface area contributed by atoms with Gasteiger partial charge >= 0.3 is 5.97 Å². The molecule has 5 nitrogen and oxygen atoms in total. The molecule has 0 aliphatic heterocycles. The molecule has 0 saturated carbocycles. The molecule has 2 N–H and O–H groups in total. The van der Waals surface area contributed by atoms with Crippen LogP contribution in [0.3, 0.4) is 0 Å². The predicted molar refractivity (Wildman–Crippen MR) is 74.2 cm³/mol. The number of carboxylic acids is 1. The van der Waals surface area contributed by atoms with E-state index in [2.05, 4.69) is 21.2 Å². The third-order valence-corrected chi connectivity index (χ3v) is 3.40. The minimum atomic E-state index is -0.928. The number of hydrogen-bond donors (Lipinski definition) is 2. The van der Waals surface area contributed by atoms with Crippen molar-refractivity contribution in [1.29, 1.82) is 0 Å². The van der Waals surface area contributed by atoms with Gasteiger partial charge in [-0.25, -0.2) is 0 Å². The quantitative estimate of drug-likeness (QED) is 0.834. The van der Waals surface area contributed by atoms with Gasteiger partial charge in [0, 0.05) is 11.0 Å². The van der Waals surface area contributed by atoms with E-state index in [1.54, 1.807) is 32.2 Å². The molecule has 1 amide bonds. The molecular weight excluding hydrogens is 314 g/mol. The lowest BCUT2D eigenvalue weighted by Crippen LogP contribution is -2.32. The van der Waals surface area contributed by atoms with Crippen molar-refractivity contribution >= 4 is 27.8 Å². The van der Waals surface area contributed by atoms with Gasteiger partial charge in [0.1, 0.15) is 5.75 Å². The first-order chi connectivity index (χ1) is 8.93. The third kappa shape index (κ3) is 4.90. The summed E-state index contributed by atoms with van der Waals surface area (Å²) >= 11 is 3.36. The maximum absolute atomic E-state index is 11.7. The van der Waals surface area contributed by atoms with Gasteiger partial charge in [-0.1, -0.05) is 22.9 Å². The largest absolute Gasteiger partial charge is 0.497 e. The molecule has 0 saturated heterocycles. The van der Waals surface area contributed by atoms with Crippen LogP contribution < -0.4 is 10.1 Å². The number of halogens is 1. The molecule has 0 bridgehead atoms. The van der Waals surface area contributed by atoms with Crippen LogP contribution in [0, 0.1) is 5.92 Å². The molecule has 1 unspecified atom stereocenters. The van der Waals surface area contributed by atoms with Gasteiger partial charge in [0.2, 0.25) is 5.91 Å². The van der Waals surface area contributed by atoms with E-state index >= 15 is 0 Å². The highest BCUT2D eigenvalue weighted by atomic mass is 79.9. The zero-order valence-corrected chi connectivity index (χ0v) is 12.4. The number of rotatable bonds is 6. The maximum Gasteiger partial charge on any atom is 0.308 e. The zero-order valence-electron chi connectivity index (χ0n) is 10.8. The van der Waals surface area contributed by atoms with Gasteiger partial charge in [-0.2, -0.15) is 0 Å². The SMILES string of the molecule is COc1ccc(Br)c(CC(=O)NCC(C)C(=O)O)c1.